The maximum Gasteiger partial charge on any atom is 0.234 e. The molecule has 0 aliphatic heterocycles. The van der Waals surface area contributed by atoms with Crippen LogP contribution in [0.25, 0.3) is 0 Å². The van der Waals surface area contributed by atoms with Crippen LogP contribution in [0, 0.1) is 5.92 Å². The lowest BCUT2D eigenvalue weighted by molar-refractivity contribution is -0.125. The monoisotopic (exact) mass is 311 g/mol. The summed E-state index contributed by atoms with van der Waals surface area (Å²) in [5.74, 6) is 0.620. The first-order chi connectivity index (χ1) is 10.6. The highest BCUT2D eigenvalue weighted by Crippen LogP contribution is 2.23. The Balaban J connectivity index is 2.40. The van der Waals surface area contributed by atoms with Gasteiger partial charge in [-0.25, -0.2) is 0 Å². The Hall–Kier alpha value is -1.10. The molecule has 128 valence electrons. The van der Waals surface area contributed by atoms with Crippen LogP contribution in [0.15, 0.2) is 0 Å². The van der Waals surface area contributed by atoms with Crippen LogP contribution in [0.3, 0.4) is 0 Å². The smallest absolute Gasteiger partial charge is 0.234 e. The Labute approximate surface area is 135 Å². The first kappa shape index (κ1) is 18.9. The highest BCUT2D eigenvalue weighted by atomic mass is 16.2. The minimum absolute atomic E-state index is 0.00846. The molecule has 5 nitrogen and oxygen atoms in total. The molecule has 2 amide bonds. The SMILES string of the molecule is CCCNC(=O)CN(CCC)CC(=O)NC1CCCCC1C. The number of nitrogens with zero attached hydrogens (tertiary/aromatic N) is 1. The maximum absolute atomic E-state index is 12.3. The molecule has 0 heterocycles. The van der Waals surface area contributed by atoms with E-state index in [0.717, 1.165) is 25.8 Å². The molecule has 1 aliphatic carbocycles. The van der Waals surface area contributed by atoms with Gasteiger partial charge < -0.3 is 10.6 Å². The van der Waals surface area contributed by atoms with Crippen molar-refractivity contribution < 1.29 is 9.59 Å². The van der Waals surface area contributed by atoms with Crippen LogP contribution in [-0.4, -0.2) is 48.9 Å². The second-order valence-corrected chi connectivity index (χ2v) is 6.50. The molecular formula is C17H33N3O2. The zero-order chi connectivity index (χ0) is 16.4. The summed E-state index contributed by atoms with van der Waals surface area (Å²) in [6, 6.07) is 0.304. The number of rotatable bonds is 9. The quantitative estimate of drug-likeness (QED) is 0.684. The molecule has 2 N–H and O–H groups in total. The average Bonchev–Trinajstić information content (AvgIpc) is 2.47. The van der Waals surface area contributed by atoms with E-state index in [1.54, 1.807) is 0 Å². The van der Waals surface area contributed by atoms with Crippen molar-refractivity contribution in [2.45, 2.75) is 65.3 Å². The third-order valence-electron chi connectivity index (χ3n) is 4.30. The van der Waals surface area contributed by atoms with Gasteiger partial charge in [-0.1, -0.05) is 33.6 Å². The normalized spacial score (nSPS) is 21.6. The lowest BCUT2D eigenvalue weighted by atomic mass is 9.86. The van der Waals surface area contributed by atoms with Crippen molar-refractivity contribution in [2.24, 2.45) is 5.92 Å². The Morgan fingerprint density at radius 2 is 1.73 bits per heavy atom. The molecule has 1 rings (SSSR count). The molecule has 0 aromatic heterocycles. The highest BCUT2D eigenvalue weighted by Gasteiger charge is 2.23. The van der Waals surface area contributed by atoms with Gasteiger partial charge in [-0.05, 0) is 38.1 Å². The van der Waals surface area contributed by atoms with Gasteiger partial charge in [0.2, 0.25) is 11.8 Å². The molecular weight excluding hydrogens is 278 g/mol. The Kier molecular flexibility index (Phi) is 9.13. The molecule has 0 aromatic rings. The first-order valence-electron chi connectivity index (χ1n) is 8.85. The number of nitrogens with one attached hydrogen (secondary N) is 2. The zero-order valence-corrected chi connectivity index (χ0v) is 14.5. The number of hydrogen-bond acceptors (Lipinski definition) is 3. The van der Waals surface area contributed by atoms with Gasteiger partial charge in [-0.2, -0.15) is 0 Å². The maximum atomic E-state index is 12.3. The van der Waals surface area contributed by atoms with Gasteiger partial charge >= 0.3 is 0 Å². The third-order valence-corrected chi connectivity index (χ3v) is 4.30. The summed E-state index contributed by atoms with van der Waals surface area (Å²) in [5.41, 5.74) is 0. The fourth-order valence-electron chi connectivity index (χ4n) is 3.04. The van der Waals surface area contributed by atoms with E-state index in [1.165, 1.54) is 19.3 Å². The summed E-state index contributed by atoms with van der Waals surface area (Å²) in [7, 11) is 0. The second kappa shape index (κ2) is 10.6. The van der Waals surface area contributed by atoms with Gasteiger partial charge in [0, 0.05) is 12.6 Å². The number of carbonyl (C=O) groups is 2. The van der Waals surface area contributed by atoms with Crippen molar-refractivity contribution in [2.75, 3.05) is 26.2 Å². The molecule has 1 aliphatic rings. The summed E-state index contributed by atoms with van der Waals surface area (Å²) in [4.78, 5) is 26.0. The van der Waals surface area contributed by atoms with Crippen molar-refractivity contribution >= 4 is 11.8 Å². The zero-order valence-electron chi connectivity index (χ0n) is 14.5. The minimum atomic E-state index is 0.00846. The van der Waals surface area contributed by atoms with Crippen LogP contribution in [0.4, 0.5) is 0 Å². The van der Waals surface area contributed by atoms with Crippen molar-refractivity contribution in [3.8, 4) is 0 Å². The van der Waals surface area contributed by atoms with Crippen LogP contribution in [0.2, 0.25) is 0 Å². The summed E-state index contributed by atoms with van der Waals surface area (Å²) < 4.78 is 0. The summed E-state index contributed by atoms with van der Waals surface area (Å²) in [5, 5.41) is 6.03. The fourth-order valence-corrected chi connectivity index (χ4v) is 3.04. The minimum Gasteiger partial charge on any atom is -0.355 e. The van der Waals surface area contributed by atoms with Crippen molar-refractivity contribution in [3.05, 3.63) is 0 Å². The van der Waals surface area contributed by atoms with E-state index in [0.29, 0.717) is 31.6 Å². The van der Waals surface area contributed by atoms with Gasteiger partial charge in [-0.15, -0.1) is 0 Å². The van der Waals surface area contributed by atoms with Gasteiger partial charge in [0.15, 0.2) is 0 Å². The van der Waals surface area contributed by atoms with E-state index in [1.807, 2.05) is 11.8 Å². The van der Waals surface area contributed by atoms with Crippen LogP contribution in [0.1, 0.15) is 59.3 Å². The van der Waals surface area contributed by atoms with Gasteiger partial charge in [0.05, 0.1) is 13.1 Å². The highest BCUT2D eigenvalue weighted by molar-refractivity contribution is 5.81. The molecule has 1 saturated carbocycles. The molecule has 0 aromatic carbocycles. The first-order valence-corrected chi connectivity index (χ1v) is 8.85. The van der Waals surface area contributed by atoms with E-state index in [2.05, 4.69) is 24.5 Å². The lowest BCUT2D eigenvalue weighted by Crippen LogP contribution is -2.47. The summed E-state index contributed by atoms with van der Waals surface area (Å²) in [6.07, 6.45) is 6.62. The predicted molar refractivity (Wildman–Crippen MR) is 89.6 cm³/mol. The Morgan fingerprint density at radius 1 is 1.05 bits per heavy atom. The van der Waals surface area contributed by atoms with Crippen LogP contribution in [0.5, 0.6) is 0 Å². The van der Waals surface area contributed by atoms with Gasteiger partial charge in [0.25, 0.3) is 0 Å². The standard InChI is InChI=1S/C17H33N3O2/c1-4-10-18-16(21)12-20(11-5-2)13-17(22)19-15-9-7-6-8-14(15)3/h14-15H,4-13H2,1-3H3,(H,18,21)(H,19,22). The molecule has 0 spiro atoms. The number of carbonyl (C=O) groups excluding carboxylic acids is 2. The average molecular weight is 311 g/mol. The molecule has 1 fully saturated rings. The fraction of sp³-hybridized carbons (Fsp3) is 0.882. The topological polar surface area (TPSA) is 61.4 Å². The molecule has 2 atom stereocenters. The predicted octanol–water partition coefficient (Wildman–Crippen LogP) is 1.92. The molecule has 0 bridgehead atoms. The van der Waals surface area contributed by atoms with Crippen LogP contribution in [-0.2, 0) is 9.59 Å². The van der Waals surface area contributed by atoms with Gasteiger partial charge in [0.1, 0.15) is 0 Å². The Morgan fingerprint density at radius 3 is 2.36 bits per heavy atom. The van der Waals surface area contributed by atoms with Gasteiger partial charge in [-0.3, -0.25) is 14.5 Å². The molecule has 22 heavy (non-hydrogen) atoms. The molecule has 2 unspecified atom stereocenters. The van der Waals surface area contributed by atoms with Crippen LogP contribution >= 0.6 is 0 Å². The van der Waals surface area contributed by atoms with E-state index in [9.17, 15) is 9.59 Å². The van der Waals surface area contributed by atoms with E-state index >= 15 is 0 Å². The number of hydrogen-bond donors (Lipinski definition) is 2. The Bertz CT molecular complexity index is 347. The summed E-state index contributed by atoms with van der Waals surface area (Å²) >= 11 is 0. The third kappa shape index (κ3) is 7.25. The van der Waals surface area contributed by atoms with Crippen molar-refractivity contribution in [1.29, 1.82) is 0 Å². The van der Waals surface area contributed by atoms with E-state index < -0.39 is 0 Å². The lowest BCUT2D eigenvalue weighted by Gasteiger charge is -2.30. The van der Waals surface area contributed by atoms with Crippen molar-refractivity contribution in [1.82, 2.24) is 15.5 Å². The van der Waals surface area contributed by atoms with E-state index in [4.69, 9.17) is 0 Å². The van der Waals surface area contributed by atoms with Crippen LogP contribution < -0.4 is 10.6 Å². The van der Waals surface area contributed by atoms with Crippen molar-refractivity contribution in [3.63, 3.8) is 0 Å². The number of amides is 2. The molecule has 0 saturated heterocycles. The second-order valence-electron chi connectivity index (χ2n) is 6.50. The molecule has 5 heteroatoms. The summed E-state index contributed by atoms with van der Waals surface area (Å²) in [6.45, 7) is 8.41. The molecule has 0 radical (unpaired) electrons. The largest absolute Gasteiger partial charge is 0.355 e. The van der Waals surface area contributed by atoms with E-state index in [-0.39, 0.29) is 11.8 Å².